The minimum atomic E-state index is -0.443. The van der Waals surface area contributed by atoms with Crippen molar-refractivity contribution in [2.75, 3.05) is 13.2 Å². The first kappa shape index (κ1) is 35.8. The molecule has 4 aliphatic rings. The van der Waals surface area contributed by atoms with Gasteiger partial charge < -0.3 is 14.6 Å². The number of aliphatic hydroxyl groups is 1. The maximum absolute atomic E-state index is 12.2. The normalized spacial score (nSPS) is 30.4. The van der Waals surface area contributed by atoms with Gasteiger partial charge in [-0.25, -0.2) is 0 Å². The molecule has 4 heterocycles. The van der Waals surface area contributed by atoms with E-state index in [0.29, 0.717) is 13.1 Å². The maximum Gasteiger partial charge on any atom is 0.326 e. The van der Waals surface area contributed by atoms with Crippen molar-refractivity contribution in [3.05, 3.63) is 76.2 Å². The number of ether oxygens (including phenoxy) is 2. The van der Waals surface area contributed by atoms with Crippen LogP contribution in [0.3, 0.4) is 0 Å². The van der Waals surface area contributed by atoms with Crippen LogP contribution in [0.4, 0.5) is 0 Å². The second-order valence-corrected chi connectivity index (χ2v) is 13.7. The first-order valence-electron chi connectivity index (χ1n) is 14.4. The molecule has 0 bridgehead atoms. The number of hydrogen-bond acceptors (Lipinski definition) is 10. The highest BCUT2D eigenvalue weighted by Gasteiger charge is 2.57. The fourth-order valence-electron chi connectivity index (χ4n) is 6.42. The standard InChI is InChI=1S/C15H17IN4O3.C15H18INO4.CH4/c1-8-10(4-3-5-11(8)16)7-20-14-13(9(2)22-15(14)21)12(23-20)6-18-19-17;1-8-10(4-3-5-11(8)16)6-17-14-13(12(7-18)21-17)9(2)20-15(14)19;/h3-5,9,12-14H,6-7H2,1-2H3;3-5,9,12-14,18H,6-7H2,1-2H3;1H4/t2*9-,12-,13+,14-;/m00./s1. The first-order valence-corrected chi connectivity index (χ1v) is 16.6. The van der Waals surface area contributed by atoms with E-state index in [0.717, 1.165) is 11.1 Å². The fourth-order valence-corrected chi connectivity index (χ4v) is 7.53. The first-order chi connectivity index (χ1) is 21.0. The number of fused-ring (bicyclic) bond motifs is 2. The van der Waals surface area contributed by atoms with Gasteiger partial charge in [0.15, 0.2) is 0 Å². The number of cyclic esters (lactones) is 2. The minimum absolute atomic E-state index is 0. The Bertz CT molecular complexity index is 1460. The van der Waals surface area contributed by atoms with Crippen molar-refractivity contribution >= 4 is 57.1 Å². The Labute approximate surface area is 290 Å². The van der Waals surface area contributed by atoms with Crippen LogP contribution in [0.1, 0.15) is 43.5 Å². The van der Waals surface area contributed by atoms with Crippen LogP contribution in [0.5, 0.6) is 0 Å². The van der Waals surface area contributed by atoms with Gasteiger partial charge in [0.25, 0.3) is 0 Å². The van der Waals surface area contributed by atoms with Crippen LogP contribution in [0.2, 0.25) is 0 Å². The van der Waals surface area contributed by atoms with Gasteiger partial charge >= 0.3 is 11.9 Å². The van der Waals surface area contributed by atoms with Gasteiger partial charge in [-0.15, -0.1) is 0 Å². The van der Waals surface area contributed by atoms with Crippen molar-refractivity contribution in [2.24, 2.45) is 17.0 Å². The molecule has 1 N–H and O–H groups in total. The van der Waals surface area contributed by atoms with Gasteiger partial charge in [0, 0.05) is 12.1 Å². The molecule has 244 valence electrons. The third-order valence-corrected chi connectivity index (χ3v) is 11.2. The molecule has 0 saturated carbocycles. The van der Waals surface area contributed by atoms with Gasteiger partial charge in [-0.2, -0.15) is 10.1 Å². The van der Waals surface area contributed by atoms with E-state index < -0.39 is 12.1 Å². The topological polar surface area (TPSA) is 147 Å². The molecular weight excluding hydrogens is 808 g/mol. The van der Waals surface area contributed by atoms with Crippen LogP contribution in [-0.2, 0) is 41.8 Å². The second kappa shape index (κ2) is 15.2. The Morgan fingerprint density at radius 3 is 1.73 bits per heavy atom. The molecule has 0 aliphatic carbocycles. The summed E-state index contributed by atoms with van der Waals surface area (Å²) in [5.74, 6) is -0.748. The van der Waals surface area contributed by atoms with E-state index >= 15 is 0 Å². The Balaban J connectivity index is 0.000000201. The molecule has 12 nitrogen and oxygen atoms in total. The fraction of sp³-hybridized carbons (Fsp3) is 0.548. The lowest BCUT2D eigenvalue weighted by molar-refractivity contribution is -0.195. The van der Waals surface area contributed by atoms with E-state index in [1.165, 1.54) is 18.3 Å². The molecule has 2 aromatic rings. The van der Waals surface area contributed by atoms with Crippen LogP contribution in [0, 0.1) is 32.8 Å². The third kappa shape index (κ3) is 7.27. The predicted octanol–water partition coefficient (Wildman–Crippen LogP) is 5.23. The lowest BCUT2D eigenvalue weighted by atomic mass is 9.92. The largest absolute Gasteiger partial charge is 0.461 e. The number of benzene rings is 2. The third-order valence-electron chi connectivity index (χ3n) is 8.84. The van der Waals surface area contributed by atoms with E-state index in [2.05, 4.69) is 75.1 Å². The molecule has 0 spiro atoms. The molecule has 45 heavy (non-hydrogen) atoms. The molecule has 4 aliphatic heterocycles. The van der Waals surface area contributed by atoms with E-state index in [-0.39, 0.29) is 68.8 Å². The highest BCUT2D eigenvalue weighted by Crippen LogP contribution is 2.40. The average Bonchev–Trinajstić information content (AvgIpc) is 3.71. The summed E-state index contributed by atoms with van der Waals surface area (Å²) in [6, 6.07) is 11.3. The van der Waals surface area contributed by atoms with E-state index in [1.807, 2.05) is 44.2 Å². The number of esters is 2. The van der Waals surface area contributed by atoms with Crippen molar-refractivity contribution in [3.63, 3.8) is 0 Å². The SMILES string of the molecule is C.Cc1c(I)cccc1CN1O[C@@H](CN=[N+]=[N-])[C@H]2[C@H](C)OC(=O)[C@H]21.Cc1c(I)cccc1CN1O[C@@H](CO)[C@H]2[C@H](C)OC(=O)[C@H]21. The summed E-state index contributed by atoms with van der Waals surface area (Å²) in [7, 11) is 0. The summed E-state index contributed by atoms with van der Waals surface area (Å²) in [6.07, 6.45) is -1.17. The molecule has 6 rings (SSSR count). The summed E-state index contributed by atoms with van der Waals surface area (Å²) in [6.45, 7) is 8.93. The number of azide groups is 1. The predicted molar refractivity (Wildman–Crippen MR) is 182 cm³/mol. The zero-order chi connectivity index (χ0) is 31.7. The number of carbonyl (C=O) groups excluding carboxylic acids is 2. The average molecular weight is 847 g/mol. The summed E-state index contributed by atoms with van der Waals surface area (Å²) < 4.78 is 13.0. The number of hydroxylamine groups is 4. The molecular formula is C31H39I2N5O7. The van der Waals surface area contributed by atoms with Crippen LogP contribution in [-0.4, -0.2) is 76.8 Å². The maximum atomic E-state index is 12.2. The van der Waals surface area contributed by atoms with Gasteiger partial charge in [-0.3, -0.25) is 19.3 Å². The van der Waals surface area contributed by atoms with Crippen molar-refractivity contribution < 1.29 is 33.8 Å². The highest BCUT2D eigenvalue weighted by molar-refractivity contribution is 14.1. The van der Waals surface area contributed by atoms with Crippen LogP contribution < -0.4 is 0 Å². The smallest absolute Gasteiger partial charge is 0.326 e. The lowest BCUT2D eigenvalue weighted by Crippen LogP contribution is -2.35. The van der Waals surface area contributed by atoms with Gasteiger partial charge in [-0.05, 0) is 113 Å². The molecule has 14 heteroatoms. The zero-order valence-electron chi connectivity index (χ0n) is 24.8. The lowest BCUT2D eigenvalue weighted by Gasteiger charge is -2.21. The quantitative estimate of drug-likeness (QED) is 0.130. The molecule has 0 amide bonds. The Kier molecular flexibility index (Phi) is 12.1. The van der Waals surface area contributed by atoms with E-state index in [9.17, 15) is 14.7 Å². The van der Waals surface area contributed by atoms with Crippen molar-refractivity contribution in [1.29, 1.82) is 0 Å². The van der Waals surface area contributed by atoms with E-state index in [4.69, 9.17) is 24.7 Å². The van der Waals surface area contributed by atoms with Gasteiger partial charge in [-0.1, -0.05) is 36.8 Å². The molecule has 8 atom stereocenters. The number of carbonyl (C=O) groups is 2. The number of hydrogen-bond donors (Lipinski definition) is 1. The number of rotatable bonds is 7. The minimum Gasteiger partial charge on any atom is -0.461 e. The Morgan fingerprint density at radius 2 is 1.29 bits per heavy atom. The van der Waals surface area contributed by atoms with Crippen molar-refractivity contribution in [3.8, 4) is 0 Å². The van der Waals surface area contributed by atoms with Crippen LogP contribution in [0.15, 0.2) is 41.5 Å². The van der Waals surface area contributed by atoms with Crippen LogP contribution >= 0.6 is 45.2 Å². The summed E-state index contributed by atoms with van der Waals surface area (Å²) >= 11 is 4.59. The number of aliphatic hydroxyl groups excluding tert-OH is 1. The summed E-state index contributed by atoms with van der Waals surface area (Å²) in [5.41, 5.74) is 13.1. The van der Waals surface area contributed by atoms with Gasteiger partial charge in [0.2, 0.25) is 0 Å². The molecule has 2 aromatic carbocycles. The van der Waals surface area contributed by atoms with Crippen LogP contribution in [0.25, 0.3) is 10.4 Å². The molecule has 4 fully saturated rings. The number of halogens is 2. The highest BCUT2D eigenvalue weighted by atomic mass is 127. The van der Waals surface area contributed by atoms with Crippen molar-refractivity contribution in [2.45, 2.75) is 84.7 Å². The molecule has 0 radical (unpaired) electrons. The second-order valence-electron chi connectivity index (χ2n) is 11.4. The monoisotopic (exact) mass is 847 g/mol. The van der Waals surface area contributed by atoms with Gasteiger partial charge in [0.1, 0.15) is 30.4 Å². The van der Waals surface area contributed by atoms with Crippen molar-refractivity contribution in [1.82, 2.24) is 10.1 Å². The summed E-state index contributed by atoms with van der Waals surface area (Å²) in [4.78, 5) is 38.8. The van der Waals surface area contributed by atoms with E-state index in [1.54, 1.807) is 10.1 Å². The van der Waals surface area contributed by atoms with Gasteiger partial charge in [0.05, 0.1) is 44.2 Å². The Hall–Kier alpha value is -2.05. The summed E-state index contributed by atoms with van der Waals surface area (Å²) in [5, 5.41) is 16.5. The Morgan fingerprint density at radius 1 is 0.844 bits per heavy atom. The molecule has 4 saturated heterocycles. The molecule has 0 aromatic heterocycles. The zero-order valence-corrected chi connectivity index (χ0v) is 29.1. The number of nitrogens with zero attached hydrogens (tertiary/aromatic N) is 5. The molecule has 0 unspecified atom stereocenters.